The fourth-order valence-electron chi connectivity index (χ4n) is 2.31. The molecule has 130 valence electrons. The Morgan fingerprint density at radius 2 is 1.88 bits per heavy atom. The summed E-state index contributed by atoms with van der Waals surface area (Å²) >= 11 is 3.39. The summed E-state index contributed by atoms with van der Waals surface area (Å²) in [5.74, 6) is -0.702. The fourth-order valence-corrected chi connectivity index (χ4v) is 3.92. The molecule has 0 radical (unpaired) electrons. The third-order valence-electron chi connectivity index (χ3n) is 3.70. The van der Waals surface area contributed by atoms with Gasteiger partial charge in [0.2, 0.25) is 11.8 Å². The van der Waals surface area contributed by atoms with Gasteiger partial charge in [0.1, 0.15) is 6.04 Å². The maximum atomic E-state index is 12.3. The average molecular weight is 415 g/mol. The van der Waals surface area contributed by atoms with Crippen molar-refractivity contribution in [2.45, 2.75) is 13.0 Å². The Balaban J connectivity index is 1.89. The zero-order valence-electron chi connectivity index (χ0n) is 13.2. The summed E-state index contributed by atoms with van der Waals surface area (Å²) in [6.45, 7) is 1.94. The van der Waals surface area contributed by atoms with Crippen LogP contribution in [0, 0.1) is 0 Å². The minimum Gasteiger partial charge on any atom is -0.341 e. The second-order valence-electron chi connectivity index (χ2n) is 5.56. The lowest BCUT2D eigenvalue weighted by Gasteiger charge is -2.29. The van der Waals surface area contributed by atoms with Crippen LogP contribution in [0.4, 0.5) is 0 Å². The van der Waals surface area contributed by atoms with Crippen LogP contribution in [0.15, 0.2) is 34.8 Å². The van der Waals surface area contributed by atoms with E-state index in [1.54, 1.807) is 13.0 Å². The normalized spacial score (nSPS) is 18.3. The Bertz CT molecular complexity index is 747. The molecule has 1 heterocycles. The molecule has 1 atom stereocenters. The number of benzene rings is 1. The number of amides is 2. The van der Waals surface area contributed by atoms with Gasteiger partial charge in [-0.1, -0.05) is 34.1 Å². The molecule has 0 saturated carbocycles. The summed E-state index contributed by atoms with van der Waals surface area (Å²) in [6, 6.07) is 6.76. The molecular weight excluding hydrogens is 396 g/mol. The van der Waals surface area contributed by atoms with Gasteiger partial charge in [-0.2, -0.15) is 0 Å². The van der Waals surface area contributed by atoms with Gasteiger partial charge in [0.25, 0.3) is 0 Å². The van der Waals surface area contributed by atoms with E-state index in [9.17, 15) is 18.0 Å². The summed E-state index contributed by atoms with van der Waals surface area (Å²) in [6.07, 6.45) is 3.02. The van der Waals surface area contributed by atoms with Crippen molar-refractivity contribution in [1.82, 2.24) is 10.2 Å². The first-order valence-corrected chi connectivity index (χ1v) is 10.1. The molecule has 24 heavy (non-hydrogen) atoms. The van der Waals surface area contributed by atoms with Crippen molar-refractivity contribution in [2.24, 2.45) is 0 Å². The molecule has 1 aliphatic rings. The van der Waals surface area contributed by atoms with Crippen LogP contribution in [0.5, 0.6) is 0 Å². The van der Waals surface area contributed by atoms with Gasteiger partial charge in [-0.3, -0.25) is 9.59 Å². The first-order chi connectivity index (χ1) is 11.3. The Morgan fingerprint density at radius 3 is 2.50 bits per heavy atom. The van der Waals surface area contributed by atoms with E-state index in [0.29, 0.717) is 0 Å². The number of sulfone groups is 1. The molecule has 1 unspecified atom stereocenters. The van der Waals surface area contributed by atoms with E-state index < -0.39 is 15.9 Å². The molecule has 1 aromatic rings. The lowest BCUT2D eigenvalue weighted by Crippen LogP contribution is -2.51. The number of halogens is 1. The molecule has 0 aliphatic carbocycles. The summed E-state index contributed by atoms with van der Waals surface area (Å²) in [4.78, 5) is 25.7. The molecule has 0 aromatic heterocycles. The van der Waals surface area contributed by atoms with Crippen molar-refractivity contribution in [2.75, 3.05) is 24.6 Å². The molecule has 1 fully saturated rings. The Hall–Kier alpha value is -1.67. The lowest BCUT2D eigenvalue weighted by atomic mass is 10.2. The number of nitrogens with zero attached hydrogens (tertiary/aromatic N) is 1. The predicted molar refractivity (Wildman–Crippen MR) is 96.0 cm³/mol. The van der Waals surface area contributed by atoms with Gasteiger partial charge in [-0.15, -0.1) is 0 Å². The van der Waals surface area contributed by atoms with Gasteiger partial charge in [0.15, 0.2) is 9.84 Å². The lowest BCUT2D eigenvalue weighted by molar-refractivity contribution is -0.134. The van der Waals surface area contributed by atoms with Gasteiger partial charge in [-0.25, -0.2) is 8.42 Å². The molecule has 1 saturated heterocycles. The van der Waals surface area contributed by atoms with Crippen LogP contribution in [0.1, 0.15) is 12.5 Å². The van der Waals surface area contributed by atoms with Crippen molar-refractivity contribution < 1.29 is 18.0 Å². The van der Waals surface area contributed by atoms with Crippen LogP contribution in [0.3, 0.4) is 0 Å². The summed E-state index contributed by atoms with van der Waals surface area (Å²) in [7, 11) is -3.04. The van der Waals surface area contributed by atoms with E-state index in [2.05, 4.69) is 21.2 Å². The molecule has 8 heteroatoms. The first kappa shape index (κ1) is 18.7. The van der Waals surface area contributed by atoms with Crippen molar-refractivity contribution >= 4 is 43.7 Å². The largest absolute Gasteiger partial charge is 0.341 e. The molecule has 1 N–H and O–H groups in total. The Morgan fingerprint density at radius 1 is 1.25 bits per heavy atom. The fraction of sp³-hybridized carbons (Fsp3) is 0.375. The zero-order chi connectivity index (χ0) is 17.7. The Labute approximate surface area is 150 Å². The van der Waals surface area contributed by atoms with Gasteiger partial charge >= 0.3 is 0 Å². The van der Waals surface area contributed by atoms with E-state index in [1.165, 1.54) is 11.0 Å². The van der Waals surface area contributed by atoms with E-state index in [4.69, 9.17) is 0 Å². The first-order valence-electron chi connectivity index (χ1n) is 7.51. The monoisotopic (exact) mass is 414 g/mol. The molecule has 0 spiro atoms. The van der Waals surface area contributed by atoms with E-state index in [0.717, 1.165) is 10.0 Å². The van der Waals surface area contributed by atoms with E-state index >= 15 is 0 Å². The summed E-state index contributed by atoms with van der Waals surface area (Å²) in [5, 5.41) is 2.61. The second kappa shape index (κ2) is 7.94. The number of rotatable bonds is 4. The maximum absolute atomic E-state index is 12.3. The highest BCUT2D eigenvalue weighted by Crippen LogP contribution is 2.17. The summed E-state index contributed by atoms with van der Waals surface area (Å²) in [5.41, 5.74) is 0.855. The quantitative estimate of drug-likeness (QED) is 0.750. The minimum absolute atomic E-state index is 0.0264. The van der Waals surface area contributed by atoms with Crippen LogP contribution in [-0.4, -0.2) is 55.8 Å². The van der Waals surface area contributed by atoms with E-state index in [1.807, 2.05) is 24.3 Å². The number of carbonyl (C=O) groups excluding carboxylic acids is 2. The van der Waals surface area contributed by atoms with Crippen molar-refractivity contribution in [1.29, 1.82) is 0 Å². The van der Waals surface area contributed by atoms with Gasteiger partial charge in [-0.05, 0) is 24.6 Å². The smallest absolute Gasteiger partial charge is 0.244 e. The highest BCUT2D eigenvalue weighted by Gasteiger charge is 2.28. The Kier molecular flexibility index (Phi) is 6.17. The predicted octanol–water partition coefficient (Wildman–Crippen LogP) is 1.22. The van der Waals surface area contributed by atoms with Crippen molar-refractivity contribution in [3.05, 3.63) is 40.4 Å². The van der Waals surface area contributed by atoms with Crippen LogP contribution >= 0.6 is 15.9 Å². The highest BCUT2D eigenvalue weighted by molar-refractivity contribution is 9.10. The number of nitrogens with one attached hydrogen (secondary N) is 1. The SMILES string of the molecule is CC(NC(=O)/C=C/c1ccccc1Br)C(=O)N1CCS(=O)(=O)CC1. The molecule has 1 aliphatic heterocycles. The molecule has 2 rings (SSSR count). The topological polar surface area (TPSA) is 83.6 Å². The molecule has 1 aromatic carbocycles. The third-order valence-corrected chi connectivity index (χ3v) is 6.04. The minimum atomic E-state index is -3.04. The van der Waals surface area contributed by atoms with Gasteiger partial charge in [0, 0.05) is 23.6 Å². The van der Waals surface area contributed by atoms with Crippen LogP contribution in [0.25, 0.3) is 6.08 Å². The van der Waals surface area contributed by atoms with Gasteiger partial charge < -0.3 is 10.2 Å². The number of hydrogen-bond acceptors (Lipinski definition) is 4. The molecular formula is C16H19BrN2O4S. The average Bonchev–Trinajstić information content (AvgIpc) is 2.53. The number of carbonyl (C=O) groups is 2. The van der Waals surface area contributed by atoms with Crippen LogP contribution in [-0.2, 0) is 19.4 Å². The van der Waals surface area contributed by atoms with Crippen LogP contribution < -0.4 is 5.32 Å². The second-order valence-corrected chi connectivity index (χ2v) is 8.72. The number of hydrogen-bond donors (Lipinski definition) is 1. The van der Waals surface area contributed by atoms with Crippen molar-refractivity contribution in [3.8, 4) is 0 Å². The molecule has 0 bridgehead atoms. The van der Waals surface area contributed by atoms with Crippen LogP contribution in [0.2, 0.25) is 0 Å². The summed E-state index contributed by atoms with van der Waals surface area (Å²) < 4.78 is 23.7. The molecule has 6 nitrogen and oxygen atoms in total. The zero-order valence-corrected chi connectivity index (χ0v) is 15.6. The molecule has 2 amide bonds. The third kappa shape index (κ3) is 5.17. The van der Waals surface area contributed by atoms with Crippen molar-refractivity contribution in [3.63, 3.8) is 0 Å². The van der Waals surface area contributed by atoms with E-state index in [-0.39, 0.29) is 36.4 Å². The maximum Gasteiger partial charge on any atom is 0.244 e. The highest BCUT2D eigenvalue weighted by atomic mass is 79.9. The standard InChI is InChI=1S/C16H19BrN2O4S/c1-12(16(21)19-8-10-24(22,23)11-9-19)18-15(20)7-6-13-4-2-3-5-14(13)17/h2-7,12H,8-11H2,1H3,(H,18,20)/b7-6+. The van der Waals surface area contributed by atoms with Gasteiger partial charge in [0.05, 0.1) is 11.5 Å².